The number of aryl methyl sites for hydroxylation is 1. The highest BCUT2D eigenvalue weighted by molar-refractivity contribution is 7.22. The molecular weight excluding hydrogens is 1000 g/mol. The van der Waals surface area contributed by atoms with E-state index in [9.17, 15) is 39.3 Å². The molecular formula is C59H62N6O9S2. The molecule has 0 bridgehead atoms. The van der Waals surface area contributed by atoms with Crippen molar-refractivity contribution < 1.29 is 44.0 Å². The smallest absolute Gasteiger partial charge is 0.271 e. The quantitative estimate of drug-likeness (QED) is 0.0184. The van der Waals surface area contributed by atoms with Crippen LogP contribution in [0.4, 0.5) is 0 Å². The highest BCUT2D eigenvalue weighted by Gasteiger charge is 2.44. The number of phenols is 2. The van der Waals surface area contributed by atoms with Crippen molar-refractivity contribution in [1.29, 1.82) is 0 Å². The molecule has 17 heteroatoms. The van der Waals surface area contributed by atoms with Crippen LogP contribution < -0.4 is 20.8 Å². The van der Waals surface area contributed by atoms with Gasteiger partial charge in [0.1, 0.15) is 29.3 Å². The summed E-state index contributed by atoms with van der Waals surface area (Å²) in [5.41, 5.74) is 9.23. The lowest BCUT2D eigenvalue weighted by atomic mass is 9.85. The number of fused-ring (bicyclic) bond motifs is 1. The number of thiophene rings is 1. The third kappa shape index (κ3) is 13.4. The monoisotopic (exact) mass is 1060 g/mol. The number of ketones is 1. The topological polar surface area (TPSA) is 220 Å². The SMILES string of the molecule is Cc1ncsc1-c1ccc(C(C)NC(=O)C2CC(O)CN2C(=O)C(NC(=O)CCCCCCOc2ccc(C=NNC(=O)c3ccc(C(=O)c4c(-c5ccc(O)cc5)sc5cc(O)ccc45)cc3)cc2)C(C)(C)C)cc1. The summed E-state index contributed by atoms with van der Waals surface area (Å²) in [7, 11) is 0. The minimum absolute atomic E-state index is 0.00163. The fraction of sp³-hybridized carbons (Fsp3) is 0.305. The number of aromatic nitrogens is 1. The molecule has 4 atom stereocenters. The third-order valence-electron chi connectivity index (χ3n) is 13.3. The fourth-order valence-corrected chi connectivity index (χ4v) is 11.2. The molecule has 76 heavy (non-hydrogen) atoms. The molecule has 3 heterocycles. The summed E-state index contributed by atoms with van der Waals surface area (Å²) in [6.45, 7) is 9.93. The van der Waals surface area contributed by atoms with Crippen LogP contribution in [0.1, 0.15) is 115 Å². The molecule has 394 valence electrons. The van der Waals surface area contributed by atoms with E-state index in [0.717, 1.165) is 56.8 Å². The van der Waals surface area contributed by atoms with E-state index in [1.165, 1.54) is 28.5 Å². The van der Waals surface area contributed by atoms with Crippen LogP contribution in [-0.4, -0.2) is 92.2 Å². The number of aromatic hydroxyl groups is 2. The Morgan fingerprint density at radius 1 is 0.816 bits per heavy atom. The molecule has 0 radical (unpaired) electrons. The third-order valence-corrected chi connectivity index (χ3v) is 15.5. The number of carbonyl (C=O) groups is 5. The van der Waals surface area contributed by atoms with Gasteiger partial charge in [-0.2, -0.15) is 5.10 Å². The number of hydrazone groups is 1. The van der Waals surface area contributed by atoms with Gasteiger partial charge in [-0.25, -0.2) is 10.4 Å². The molecule has 4 unspecified atom stereocenters. The van der Waals surface area contributed by atoms with Crippen LogP contribution in [0.25, 0.3) is 31.0 Å². The molecule has 8 rings (SSSR count). The number of unbranched alkanes of at least 4 members (excludes halogenated alkanes) is 3. The highest BCUT2D eigenvalue weighted by atomic mass is 32.1. The number of likely N-dealkylation sites (tertiary alicyclic amines) is 1. The summed E-state index contributed by atoms with van der Waals surface area (Å²) in [6, 6.07) is 30.8. The second kappa shape index (κ2) is 24.3. The second-order valence-corrected chi connectivity index (χ2v) is 22.0. The first-order valence-electron chi connectivity index (χ1n) is 25.3. The molecule has 15 nitrogen and oxygen atoms in total. The molecule has 1 saturated heterocycles. The van der Waals surface area contributed by atoms with Gasteiger partial charge in [-0.3, -0.25) is 24.0 Å². The normalized spacial score (nSPS) is 15.4. The van der Waals surface area contributed by atoms with E-state index in [4.69, 9.17) is 4.74 Å². The zero-order chi connectivity index (χ0) is 54.1. The van der Waals surface area contributed by atoms with Gasteiger partial charge in [-0.15, -0.1) is 22.7 Å². The van der Waals surface area contributed by atoms with Crippen LogP contribution in [0.2, 0.25) is 0 Å². The highest BCUT2D eigenvalue weighted by Crippen LogP contribution is 2.42. The molecule has 2 aromatic heterocycles. The number of hydrogen-bond donors (Lipinski definition) is 6. The molecule has 0 saturated carbocycles. The van der Waals surface area contributed by atoms with Gasteiger partial charge in [0.15, 0.2) is 5.78 Å². The van der Waals surface area contributed by atoms with E-state index >= 15 is 0 Å². The van der Waals surface area contributed by atoms with Gasteiger partial charge < -0.3 is 35.6 Å². The van der Waals surface area contributed by atoms with Crippen molar-refractivity contribution in [1.82, 2.24) is 25.9 Å². The Morgan fingerprint density at radius 3 is 2.16 bits per heavy atom. The first-order valence-corrected chi connectivity index (χ1v) is 27.0. The van der Waals surface area contributed by atoms with Gasteiger partial charge >= 0.3 is 0 Å². The lowest BCUT2D eigenvalue weighted by molar-refractivity contribution is -0.144. The Hall–Kier alpha value is -7.73. The molecule has 0 aliphatic carbocycles. The Morgan fingerprint density at radius 2 is 1.47 bits per heavy atom. The zero-order valence-electron chi connectivity index (χ0n) is 43.0. The number of phenolic OH excluding ortho intramolecular Hbond substituents is 2. The predicted octanol–water partition coefficient (Wildman–Crippen LogP) is 10.1. The van der Waals surface area contributed by atoms with Crippen LogP contribution in [0, 0.1) is 12.3 Å². The lowest BCUT2D eigenvalue weighted by Crippen LogP contribution is -2.57. The number of β-amino-alcohol motifs (C(OH)–C–C–N with tert-alkyl or cyclic N) is 1. The fourth-order valence-electron chi connectivity index (χ4n) is 9.10. The van der Waals surface area contributed by atoms with Gasteiger partial charge in [-0.05, 0) is 133 Å². The van der Waals surface area contributed by atoms with Gasteiger partial charge in [-0.1, -0.05) is 70.0 Å². The molecule has 1 aliphatic heterocycles. The van der Waals surface area contributed by atoms with E-state index in [-0.39, 0.29) is 54.5 Å². The van der Waals surface area contributed by atoms with Crippen molar-refractivity contribution in [3.05, 3.63) is 154 Å². The van der Waals surface area contributed by atoms with E-state index in [0.29, 0.717) is 45.7 Å². The van der Waals surface area contributed by atoms with Crippen molar-refractivity contribution in [3.8, 4) is 38.1 Å². The summed E-state index contributed by atoms with van der Waals surface area (Å²) >= 11 is 2.94. The average molecular weight is 1060 g/mol. The number of hydrogen-bond acceptors (Lipinski definition) is 13. The maximum atomic E-state index is 14.1. The summed E-state index contributed by atoms with van der Waals surface area (Å²) in [4.78, 5) is 75.5. The van der Waals surface area contributed by atoms with Gasteiger partial charge in [0.2, 0.25) is 17.7 Å². The van der Waals surface area contributed by atoms with Gasteiger partial charge in [0.05, 0.1) is 41.0 Å². The standard InChI is InChI=1S/C59H62N6O9S2/c1-35(38-13-17-40(18-14-38)53-36(2)60-34-75-53)62-57(72)48-30-45(68)33-65(48)58(73)55(59(3,4)5)63-50(69)10-8-6-7-9-29-74-46-26-11-37(12-27-46)32-61-64-56(71)42-19-15-39(16-20-42)52(70)51-47-28-25-44(67)31-49(47)76-54(51)41-21-23-43(66)24-22-41/h11-28,31-32,34-35,45,48,55,66-68H,6-10,29-30,33H2,1-5H3,(H,62,72)(H,63,69)(H,64,71). The zero-order valence-corrected chi connectivity index (χ0v) is 44.7. The number of nitrogens with zero attached hydrogens (tertiary/aromatic N) is 3. The average Bonchev–Trinajstić information content (AvgIpc) is 4.14. The number of nitrogens with one attached hydrogen (secondary N) is 3. The molecule has 7 aromatic rings. The minimum Gasteiger partial charge on any atom is -0.508 e. The molecule has 0 spiro atoms. The molecule has 6 N–H and O–H groups in total. The van der Waals surface area contributed by atoms with Crippen molar-refractivity contribution in [2.45, 2.75) is 97.4 Å². The van der Waals surface area contributed by atoms with Crippen molar-refractivity contribution in [2.75, 3.05) is 13.2 Å². The van der Waals surface area contributed by atoms with Gasteiger partial charge in [0.25, 0.3) is 5.91 Å². The maximum Gasteiger partial charge on any atom is 0.271 e. The summed E-state index contributed by atoms with van der Waals surface area (Å²) in [5, 5.41) is 41.4. The number of aliphatic hydroxyl groups is 1. The Balaban J connectivity index is 0.741. The molecule has 1 fully saturated rings. The first kappa shape index (κ1) is 54.5. The molecule has 4 amide bonds. The number of rotatable bonds is 20. The van der Waals surface area contributed by atoms with Crippen LogP contribution in [0.5, 0.6) is 17.2 Å². The number of amides is 4. The van der Waals surface area contributed by atoms with Crippen molar-refractivity contribution in [2.24, 2.45) is 10.5 Å². The Bertz CT molecular complexity index is 3220. The van der Waals surface area contributed by atoms with Crippen LogP contribution in [-0.2, 0) is 14.4 Å². The van der Waals surface area contributed by atoms with Crippen LogP contribution in [0.3, 0.4) is 0 Å². The van der Waals surface area contributed by atoms with E-state index in [1.54, 1.807) is 72.0 Å². The minimum atomic E-state index is -0.902. The Kier molecular flexibility index (Phi) is 17.4. The van der Waals surface area contributed by atoms with Crippen molar-refractivity contribution in [3.63, 3.8) is 0 Å². The number of carbonyl (C=O) groups excluding carboxylic acids is 5. The molecule has 1 aliphatic rings. The Labute approximate surface area is 449 Å². The summed E-state index contributed by atoms with van der Waals surface area (Å²) in [6.07, 6.45) is 3.98. The number of aliphatic hydroxyl groups excluding tert-OH is 1. The number of ether oxygens (including phenoxy) is 1. The van der Waals surface area contributed by atoms with E-state index < -0.39 is 35.4 Å². The van der Waals surface area contributed by atoms with Crippen LogP contribution >= 0.6 is 22.7 Å². The maximum absolute atomic E-state index is 14.1. The largest absolute Gasteiger partial charge is 0.508 e. The second-order valence-electron chi connectivity index (χ2n) is 20.1. The van der Waals surface area contributed by atoms with Crippen molar-refractivity contribution >= 4 is 68.4 Å². The summed E-state index contributed by atoms with van der Waals surface area (Å²) in [5.74, 6) is -0.846. The predicted molar refractivity (Wildman–Crippen MR) is 297 cm³/mol. The number of benzene rings is 5. The van der Waals surface area contributed by atoms with Crippen LogP contribution in [0.15, 0.2) is 126 Å². The van der Waals surface area contributed by atoms with E-state index in [2.05, 4.69) is 26.1 Å². The first-order chi connectivity index (χ1) is 36.4. The summed E-state index contributed by atoms with van der Waals surface area (Å²) < 4.78 is 6.67. The molecule has 5 aromatic carbocycles. The van der Waals surface area contributed by atoms with Gasteiger partial charge in [0, 0.05) is 51.0 Å². The lowest BCUT2D eigenvalue weighted by Gasteiger charge is -2.35. The van der Waals surface area contributed by atoms with E-state index in [1.807, 2.05) is 88.7 Å². The number of thiazole rings is 1.